The number of benzene rings is 2. The van der Waals surface area contributed by atoms with Crippen LogP contribution in [0.2, 0.25) is 0 Å². The van der Waals surface area contributed by atoms with Crippen molar-refractivity contribution in [3.63, 3.8) is 0 Å². The maximum Gasteiger partial charge on any atom is 0.123 e. The molecule has 2 aromatic carbocycles. The zero-order valence-corrected chi connectivity index (χ0v) is 11.5. The Balaban J connectivity index is 1.81. The number of methoxy groups -OCH3 is 1. The summed E-state index contributed by atoms with van der Waals surface area (Å²) in [7, 11) is 1.67. The molecule has 0 saturated heterocycles. The Hall–Kier alpha value is -2.31. The normalized spacial score (nSPS) is 13.8. The van der Waals surface area contributed by atoms with Crippen LogP contribution >= 0.6 is 0 Å². The van der Waals surface area contributed by atoms with Gasteiger partial charge in [0.05, 0.1) is 18.7 Å². The zero-order valence-electron chi connectivity index (χ0n) is 11.5. The van der Waals surface area contributed by atoms with E-state index in [4.69, 9.17) is 10.00 Å². The number of ether oxygens (including phenoxy) is 1. The molecule has 0 fully saturated rings. The molecule has 0 atom stereocenters. The maximum absolute atomic E-state index is 9.02. The van der Waals surface area contributed by atoms with Crippen molar-refractivity contribution >= 4 is 0 Å². The molecule has 1 aliphatic rings. The number of nitriles is 1. The summed E-state index contributed by atoms with van der Waals surface area (Å²) in [5.41, 5.74) is 4.53. The van der Waals surface area contributed by atoms with Gasteiger partial charge < -0.3 is 4.74 Å². The van der Waals surface area contributed by atoms with Crippen molar-refractivity contribution in [1.29, 1.82) is 5.26 Å². The van der Waals surface area contributed by atoms with Gasteiger partial charge in [0.15, 0.2) is 0 Å². The van der Waals surface area contributed by atoms with Crippen molar-refractivity contribution in [2.75, 3.05) is 7.11 Å². The average molecular weight is 264 g/mol. The predicted molar refractivity (Wildman–Crippen MR) is 77.1 cm³/mol. The third-order valence-corrected chi connectivity index (χ3v) is 3.71. The Labute approximate surface area is 119 Å². The van der Waals surface area contributed by atoms with Crippen molar-refractivity contribution in [3.05, 3.63) is 64.7 Å². The molecule has 0 saturated carbocycles. The summed E-state index contributed by atoms with van der Waals surface area (Å²) in [4.78, 5) is 2.36. The molecule has 20 heavy (non-hydrogen) atoms. The minimum atomic E-state index is 0.678. The van der Waals surface area contributed by atoms with Gasteiger partial charge in [-0.3, -0.25) is 4.90 Å². The first-order valence-corrected chi connectivity index (χ1v) is 6.66. The van der Waals surface area contributed by atoms with E-state index in [-0.39, 0.29) is 0 Å². The van der Waals surface area contributed by atoms with Crippen LogP contribution in [0, 0.1) is 11.3 Å². The molecule has 1 heterocycles. The Kier molecular flexibility index (Phi) is 3.41. The second-order valence-electron chi connectivity index (χ2n) is 5.05. The van der Waals surface area contributed by atoms with Crippen molar-refractivity contribution in [2.24, 2.45) is 0 Å². The van der Waals surface area contributed by atoms with Crippen LogP contribution in [-0.4, -0.2) is 12.0 Å². The van der Waals surface area contributed by atoms with Gasteiger partial charge in [0.25, 0.3) is 0 Å². The lowest BCUT2D eigenvalue weighted by Crippen LogP contribution is -2.16. The molecule has 3 rings (SSSR count). The summed E-state index contributed by atoms with van der Waals surface area (Å²) < 4.78 is 5.40. The maximum atomic E-state index is 9.02. The topological polar surface area (TPSA) is 36.3 Å². The average Bonchev–Trinajstić information content (AvgIpc) is 2.89. The Morgan fingerprint density at radius 3 is 2.45 bits per heavy atom. The second-order valence-corrected chi connectivity index (χ2v) is 5.05. The van der Waals surface area contributed by atoms with E-state index in [2.05, 4.69) is 35.2 Å². The highest BCUT2D eigenvalue weighted by atomic mass is 16.5. The van der Waals surface area contributed by atoms with Gasteiger partial charge in [-0.05, 0) is 29.3 Å². The molecule has 100 valence electrons. The van der Waals surface area contributed by atoms with Gasteiger partial charge in [-0.15, -0.1) is 0 Å². The quantitative estimate of drug-likeness (QED) is 0.854. The Bertz CT molecular complexity index is 648. The molecule has 2 aromatic rings. The predicted octanol–water partition coefficient (Wildman–Crippen LogP) is 3.08. The Morgan fingerprint density at radius 2 is 1.85 bits per heavy atom. The van der Waals surface area contributed by atoms with E-state index < -0.39 is 0 Å². The molecule has 0 spiro atoms. The molecule has 1 aliphatic heterocycles. The van der Waals surface area contributed by atoms with Gasteiger partial charge in [-0.2, -0.15) is 5.26 Å². The summed E-state index contributed by atoms with van der Waals surface area (Å²) in [5.74, 6) is 0.847. The highest BCUT2D eigenvalue weighted by molar-refractivity contribution is 5.42. The zero-order chi connectivity index (χ0) is 13.9. The van der Waals surface area contributed by atoms with Crippen LogP contribution in [0.5, 0.6) is 5.75 Å². The number of fused-ring (bicyclic) bond motifs is 1. The third-order valence-electron chi connectivity index (χ3n) is 3.71. The van der Waals surface area contributed by atoms with E-state index >= 15 is 0 Å². The van der Waals surface area contributed by atoms with Crippen LogP contribution in [0.25, 0.3) is 0 Å². The first-order chi connectivity index (χ1) is 9.80. The van der Waals surface area contributed by atoms with Crippen molar-refractivity contribution in [3.8, 4) is 11.8 Å². The van der Waals surface area contributed by atoms with Crippen molar-refractivity contribution < 1.29 is 4.74 Å². The molecule has 0 radical (unpaired) electrons. The summed E-state index contributed by atoms with van der Waals surface area (Å²) in [6.07, 6.45) is 0. The summed E-state index contributed by atoms with van der Waals surface area (Å²) in [5, 5.41) is 9.02. The number of nitrogens with zero attached hydrogens (tertiary/aromatic N) is 2. The van der Waals surface area contributed by atoms with Gasteiger partial charge in [-0.25, -0.2) is 0 Å². The molecule has 0 unspecified atom stereocenters. The van der Waals surface area contributed by atoms with Crippen molar-refractivity contribution in [1.82, 2.24) is 4.90 Å². The molecular formula is C17H16N2O. The first-order valence-electron chi connectivity index (χ1n) is 6.66. The number of hydrogen-bond acceptors (Lipinski definition) is 3. The molecule has 3 heteroatoms. The van der Waals surface area contributed by atoms with Gasteiger partial charge in [-0.1, -0.05) is 24.3 Å². The fraction of sp³-hybridized carbons (Fsp3) is 0.235. The monoisotopic (exact) mass is 264 g/mol. The molecule has 0 bridgehead atoms. The van der Waals surface area contributed by atoms with E-state index in [0.717, 1.165) is 30.9 Å². The van der Waals surface area contributed by atoms with E-state index in [1.165, 1.54) is 11.1 Å². The smallest absolute Gasteiger partial charge is 0.123 e. The van der Waals surface area contributed by atoms with Crippen LogP contribution in [0.4, 0.5) is 0 Å². The Morgan fingerprint density at radius 1 is 1.15 bits per heavy atom. The minimum absolute atomic E-state index is 0.678. The summed E-state index contributed by atoms with van der Waals surface area (Å²) in [6.45, 7) is 2.71. The van der Waals surface area contributed by atoms with E-state index in [1.54, 1.807) is 13.2 Å². The van der Waals surface area contributed by atoms with Crippen LogP contribution in [0.1, 0.15) is 22.3 Å². The van der Waals surface area contributed by atoms with Gasteiger partial charge in [0, 0.05) is 25.2 Å². The first kappa shape index (κ1) is 12.7. The number of rotatable bonds is 3. The van der Waals surface area contributed by atoms with Gasteiger partial charge in [0.2, 0.25) is 0 Å². The van der Waals surface area contributed by atoms with Gasteiger partial charge >= 0.3 is 0 Å². The summed E-state index contributed by atoms with van der Waals surface area (Å²) in [6, 6.07) is 16.3. The fourth-order valence-corrected chi connectivity index (χ4v) is 2.73. The highest BCUT2D eigenvalue weighted by Crippen LogP contribution is 2.27. The van der Waals surface area contributed by atoms with Crippen LogP contribution in [0.3, 0.4) is 0 Å². The largest absolute Gasteiger partial charge is 0.496 e. The molecule has 0 aliphatic carbocycles. The molecule has 0 N–H and O–H groups in total. The molecule has 0 aromatic heterocycles. The SMILES string of the molecule is COc1ccc(C#N)cc1CN1Cc2ccccc2C1. The minimum Gasteiger partial charge on any atom is -0.496 e. The lowest BCUT2D eigenvalue weighted by Gasteiger charge is -2.17. The van der Waals surface area contributed by atoms with E-state index in [1.807, 2.05) is 12.1 Å². The van der Waals surface area contributed by atoms with Gasteiger partial charge in [0.1, 0.15) is 5.75 Å². The van der Waals surface area contributed by atoms with Crippen LogP contribution in [-0.2, 0) is 19.6 Å². The number of hydrogen-bond donors (Lipinski definition) is 0. The molecular weight excluding hydrogens is 248 g/mol. The highest BCUT2D eigenvalue weighted by Gasteiger charge is 2.19. The summed E-state index contributed by atoms with van der Waals surface area (Å²) >= 11 is 0. The third kappa shape index (κ3) is 2.38. The fourth-order valence-electron chi connectivity index (χ4n) is 2.73. The second kappa shape index (κ2) is 5.36. The lowest BCUT2D eigenvalue weighted by atomic mass is 10.1. The van der Waals surface area contributed by atoms with Crippen LogP contribution in [0.15, 0.2) is 42.5 Å². The van der Waals surface area contributed by atoms with Crippen molar-refractivity contribution in [2.45, 2.75) is 19.6 Å². The standard InChI is InChI=1S/C17H16N2O/c1-20-17-7-6-13(9-18)8-16(17)12-19-10-14-4-2-3-5-15(14)11-19/h2-8H,10-12H2,1H3. The molecule has 0 amide bonds. The lowest BCUT2D eigenvalue weighted by molar-refractivity contribution is 0.270. The van der Waals surface area contributed by atoms with E-state index in [9.17, 15) is 0 Å². The van der Waals surface area contributed by atoms with Crippen LogP contribution < -0.4 is 4.74 Å². The molecule has 3 nitrogen and oxygen atoms in total. The van der Waals surface area contributed by atoms with E-state index in [0.29, 0.717) is 5.56 Å².